The van der Waals surface area contributed by atoms with Gasteiger partial charge in [-0.25, -0.2) is 4.99 Å². The van der Waals surface area contributed by atoms with Gasteiger partial charge in [0, 0.05) is 18.0 Å². The van der Waals surface area contributed by atoms with E-state index in [0.29, 0.717) is 15.8 Å². The number of hydrogen-bond donors (Lipinski definition) is 1. The number of amides is 1. The highest BCUT2D eigenvalue weighted by Gasteiger charge is 2.40. The van der Waals surface area contributed by atoms with E-state index < -0.39 is 0 Å². The fraction of sp³-hybridized carbons (Fsp3) is 0.154. The normalized spacial score (nSPS) is 18.7. The molecular weight excluding hydrogens is 466 g/mol. The summed E-state index contributed by atoms with van der Waals surface area (Å²) in [5.74, 6) is 0.768. The van der Waals surface area contributed by atoms with Crippen LogP contribution in [0.5, 0.6) is 11.5 Å². The summed E-state index contributed by atoms with van der Waals surface area (Å²) >= 11 is 2.93. The molecule has 1 amide bonds. The maximum atomic E-state index is 13.8. The van der Waals surface area contributed by atoms with Gasteiger partial charge in [0.1, 0.15) is 16.4 Å². The van der Waals surface area contributed by atoms with E-state index in [1.54, 1.807) is 48.0 Å². The maximum absolute atomic E-state index is 13.8. The Balaban J connectivity index is 1.61. The second-order valence-electron chi connectivity index (χ2n) is 8.07. The number of nitrogens with zero attached hydrogens (tertiary/aromatic N) is 3. The summed E-state index contributed by atoms with van der Waals surface area (Å²) in [6, 6.07) is 18.6. The number of phenolic OH excluding ortho intramolecular Hbond substituents is 1. The van der Waals surface area contributed by atoms with E-state index >= 15 is 0 Å². The number of fused-ring (bicyclic) bond motifs is 1. The van der Waals surface area contributed by atoms with E-state index in [2.05, 4.69) is 6.07 Å². The van der Waals surface area contributed by atoms with Crippen molar-refractivity contribution < 1.29 is 14.6 Å². The maximum Gasteiger partial charge on any atom is 0.274 e. The Kier molecular flexibility index (Phi) is 5.79. The Labute approximate surface area is 206 Å². The molecule has 2 heterocycles. The van der Waals surface area contributed by atoms with Crippen LogP contribution in [0.1, 0.15) is 11.1 Å². The number of thioether (sulfide) groups is 2. The lowest BCUT2D eigenvalue weighted by Gasteiger charge is -2.17. The number of aliphatic imine (C=N–C) groups is 1. The third-order valence-electron chi connectivity index (χ3n) is 5.69. The van der Waals surface area contributed by atoms with Crippen LogP contribution in [0.4, 0.5) is 17.1 Å². The molecule has 1 N–H and O–H groups in total. The Bertz CT molecular complexity index is 1370. The van der Waals surface area contributed by atoms with E-state index in [9.17, 15) is 9.90 Å². The number of benzene rings is 3. The second-order valence-corrected chi connectivity index (χ2v) is 10.1. The third kappa shape index (κ3) is 3.93. The molecular formula is C26H23N3O3S2. The SMILES string of the molecule is COc1ccc2c(c1)N(C)C(=C1SC(=Nc3ccc(C)cc3C)N(c3ccc(O)cc3)C1=O)S2. The van der Waals surface area contributed by atoms with Gasteiger partial charge >= 0.3 is 0 Å². The van der Waals surface area contributed by atoms with Crippen LogP contribution >= 0.6 is 23.5 Å². The predicted molar refractivity (Wildman–Crippen MR) is 140 cm³/mol. The minimum absolute atomic E-state index is 0.143. The van der Waals surface area contributed by atoms with Crippen molar-refractivity contribution in [1.29, 1.82) is 0 Å². The van der Waals surface area contributed by atoms with Gasteiger partial charge in [0.05, 0.1) is 29.2 Å². The Hall–Kier alpha value is -3.36. The van der Waals surface area contributed by atoms with Crippen molar-refractivity contribution in [3.05, 3.63) is 81.7 Å². The molecule has 0 aliphatic carbocycles. The number of ether oxygens (including phenoxy) is 1. The molecule has 2 aliphatic heterocycles. The number of amidine groups is 1. The van der Waals surface area contributed by atoms with Gasteiger partial charge in [-0.3, -0.25) is 9.69 Å². The lowest BCUT2D eigenvalue weighted by Crippen LogP contribution is -2.29. The average Bonchev–Trinajstić information content (AvgIpc) is 3.32. The molecule has 0 aromatic heterocycles. The average molecular weight is 490 g/mol. The van der Waals surface area contributed by atoms with Gasteiger partial charge in [-0.2, -0.15) is 0 Å². The molecule has 3 aromatic rings. The highest BCUT2D eigenvalue weighted by atomic mass is 32.2. The summed E-state index contributed by atoms with van der Waals surface area (Å²) in [5, 5.41) is 11.2. The molecule has 0 bridgehead atoms. The van der Waals surface area contributed by atoms with Crippen LogP contribution in [0.25, 0.3) is 0 Å². The fourth-order valence-electron chi connectivity index (χ4n) is 3.89. The molecule has 0 radical (unpaired) electrons. The molecule has 0 saturated carbocycles. The van der Waals surface area contributed by atoms with E-state index in [1.165, 1.54) is 11.8 Å². The Morgan fingerprint density at radius 1 is 0.971 bits per heavy atom. The van der Waals surface area contributed by atoms with Crippen molar-refractivity contribution in [2.45, 2.75) is 18.7 Å². The molecule has 0 atom stereocenters. The monoisotopic (exact) mass is 489 g/mol. The number of rotatable bonds is 3. The van der Waals surface area contributed by atoms with Crippen molar-refractivity contribution in [2.24, 2.45) is 4.99 Å². The van der Waals surface area contributed by atoms with Crippen LogP contribution in [0.2, 0.25) is 0 Å². The minimum Gasteiger partial charge on any atom is -0.508 e. The molecule has 6 nitrogen and oxygen atoms in total. The van der Waals surface area contributed by atoms with Crippen LogP contribution in [0.15, 0.2) is 80.5 Å². The summed E-state index contributed by atoms with van der Waals surface area (Å²) in [7, 11) is 3.60. The van der Waals surface area contributed by atoms with Crippen LogP contribution in [-0.2, 0) is 4.79 Å². The molecule has 0 unspecified atom stereocenters. The first-order valence-corrected chi connectivity index (χ1v) is 12.3. The van der Waals surface area contributed by atoms with Gasteiger partial charge in [-0.05, 0) is 73.6 Å². The molecule has 1 saturated heterocycles. The van der Waals surface area contributed by atoms with Crippen molar-refractivity contribution in [3.63, 3.8) is 0 Å². The highest BCUT2D eigenvalue weighted by Crippen LogP contribution is 2.51. The smallest absolute Gasteiger partial charge is 0.274 e. The lowest BCUT2D eigenvalue weighted by molar-refractivity contribution is -0.113. The number of phenols is 1. The number of aryl methyl sites for hydroxylation is 2. The zero-order valence-corrected chi connectivity index (χ0v) is 20.8. The molecule has 3 aromatic carbocycles. The van der Waals surface area contributed by atoms with Crippen LogP contribution in [0, 0.1) is 13.8 Å². The molecule has 0 spiro atoms. The number of aromatic hydroxyl groups is 1. The number of hydrogen-bond acceptors (Lipinski definition) is 7. The van der Waals surface area contributed by atoms with E-state index in [0.717, 1.165) is 38.2 Å². The minimum atomic E-state index is -0.145. The molecule has 1 fully saturated rings. The summed E-state index contributed by atoms with van der Waals surface area (Å²) in [4.78, 5) is 24.0. The van der Waals surface area contributed by atoms with Gasteiger partial charge < -0.3 is 14.7 Å². The largest absolute Gasteiger partial charge is 0.508 e. The summed E-state index contributed by atoms with van der Waals surface area (Å²) in [5.41, 5.74) is 4.66. The fourth-order valence-corrected chi connectivity index (χ4v) is 6.21. The first kappa shape index (κ1) is 22.4. The van der Waals surface area contributed by atoms with Gasteiger partial charge in [0.2, 0.25) is 0 Å². The van der Waals surface area contributed by atoms with Gasteiger partial charge in [-0.1, -0.05) is 29.5 Å². The summed E-state index contributed by atoms with van der Waals surface area (Å²) in [6.07, 6.45) is 0. The zero-order chi connectivity index (χ0) is 24.0. The zero-order valence-electron chi connectivity index (χ0n) is 19.2. The van der Waals surface area contributed by atoms with E-state index in [1.807, 2.05) is 56.1 Å². The highest BCUT2D eigenvalue weighted by molar-refractivity contribution is 8.20. The molecule has 172 valence electrons. The van der Waals surface area contributed by atoms with Gasteiger partial charge in [0.25, 0.3) is 5.91 Å². The molecule has 2 aliphatic rings. The Morgan fingerprint density at radius 2 is 1.74 bits per heavy atom. The van der Waals surface area contributed by atoms with Crippen LogP contribution in [-0.4, -0.2) is 30.3 Å². The third-order valence-corrected chi connectivity index (χ3v) is 8.09. The standard InChI is InChI=1S/C26H23N3O3S2/c1-15-5-11-20(16(2)13-15)27-26-29(17-6-8-18(30)9-7-17)24(31)23(34-26)25-28(3)21-14-19(32-4)10-12-22(21)33-25/h5-14,30H,1-4H3. The van der Waals surface area contributed by atoms with Crippen molar-refractivity contribution >= 4 is 51.7 Å². The van der Waals surface area contributed by atoms with E-state index in [-0.39, 0.29) is 11.7 Å². The van der Waals surface area contributed by atoms with Crippen molar-refractivity contribution in [3.8, 4) is 11.5 Å². The first-order chi connectivity index (χ1) is 16.4. The second kappa shape index (κ2) is 8.77. The number of carbonyl (C=O) groups is 1. The quantitative estimate of drug-likeness (QED) is 0.442. The number of methoxy groups -OCH3 is 1. The summed E-state index contributed by atoms with van der Waals surface area (Å²) < 4.78 is 5.39. The predicted octanol–water partition coefficient (Wildman–Crippen LogP) is 6.20. The van der Waals surface area contributed by atoms with Gasteiger partial charge in [-0.15, -0.1) is 0 Å². The molecule has 8 heteroatoms. The van der Waals surface area contributed by atoms with Crippen LogP contribution < -0.4 is 14.5 Å². The first-order valence-electron chi connectivity index (χ1n) is 10.7. The van der Waals surface area contributed by atoms with Crippen molar-refractivity contribution in [1.82, 2.24) is 0 Å². The Morgan fingerprint density at radius 3 is 2.44 bits per heavy atom. The number of anilines is 2. The van der Waals surface area contributed by atoms with E-state index in [4.69, 9.17) is 9.73 Å². The summed E-state index contributed by atoms with van der Waals surface area (Å²) in [6.45, 7) is 4.06. The molecule has 5 rings (SSSR count). The number of carbonyl (C=O) groups excluding carboxylic acids is 1. The lowest BCUT2D eigenvalue weighted by atomic mass is 10.1. The van der Waals surface area contributed by atoms with Crippen molar-refractivity contribution in [2.75, 3.05) is 24.0 Å². The van der Waals surface area contributed by atoms with Crippen LogP contribution in [0.3, 0.4) is 0 Å². The topological polar surface area (TPSA) is 65.4 Å². The molecule has 34 heavy (non-hydrogen) atoms. The van der Waals surface area contributed by atoms with Gasteiger partial charge in [0.15, 0.2) is 5.17 Å².